The van der Waals surface area contributed by atoms with Crippen LogP contribution in [0, 0.1) is 0 Å². The molecule has 0 amide bonds. The summed E-state index contributed by atoms with van der Waals surface area (Å²) < 4.78 is 16.3. The zero-order valence-electron chi connectivity index (χ0n) is 14.6. The van der Waals surface area contributed by atoms with Crippen LogP contribution < -0.4 is 4.74 Å². The van der Waals surface area contributed by atoms with E-state index in [4.69, 9.17) is 14.2 Å². The van der Waals surface area contributed by atoms with Crippen LogP contribution in [0.2, 0.25) is 0 Å². The van der Waals surface area contributed by atoms with Gasteiger partial charge >= 0.3 is 11.9 Å². The Hall–Kier alpha value is -3.42. The predicted molar refractivity (Wildman–Crippen MR) is 92.3 cm³/mol. The molecule has 1 aromatic carbocycles. The SMILES string of the molecule is CCOC(=O)c1cnn2c(C(=O)OC)cc(-c3ccc(OC)cc3)nc12. The van der Waals surface area contributed by atoms with E-state index in [1.54, 1.807) is 44.4 Å². The summed E-state index contributed by atoms with van der Waals surface area (Å²) >= 11 is 0. The quantitative estimate of drug-likeness (QED) is 0.649. The average molecular weight is 355 g/mol. The van der Waals surface area contributed by atoms with Crippen molar-refractivity contribution < 1.29 is 23.8 Å². The summed E-state index contributed by atoms with van der Waals surface area (Å²) in [6, 6.07) is 8.73. The molecule has 0 atom stereocenters. The summed E-state index contributed by atoms with van der Waals surface area (Å²) in [5, 5.41) is 4.09. The number of nitrogens with zero attached hydrogens (tertiary/aromatic N) is 3. The van der Waals surface area contributed by atoms with Gasteiger partial charge in [-0.2, -0.15) is 5.10 Å². The van der Waals surface area contributed by atoms with Crippen molar-refractivity contribution in [2.24, 2.45) is 0 Å². The number of methoxy groups -OCH3 is 2. The third-order valence-corrected chi connectivity index (χ3v) is 3.75. The third-order valence-electron chi connectivity index (χ3n) is 3.75. The first kappa shape index (κ1) is 17.4. The van der Waals surface area contributed by atoms with Crippen LogP contribution in [-0.4, -0.2) is 47.4 Å². The Morgan fingerprint density at radius 2 is 1.85 bits per heavy atom. The van der Waals surface area contributed by atoms with Gasteiger partial charge in [-0.25, -0.2) is 19.1 Å². The maximum absolute atomic E-state index is 12.2. The van der Waals surface area contributed by atoms with Gasteiger partial charge in [-0.05, 0) is 37.3 Å². The second kappa shape index (κ2) is 7.22. The summed E-state index contributed by atoms with van der Waals surface area (Å²) in [7, 11) is 2.85. The molecule has 8 heteroatoms. The first-order chi connectivity index (χ1) is 12.6. The van der Waals surface area contributed by atoms with Crippen molar-refractivity contribution in [2.45, 2.75) is 6.92 Å². The molecule has 0 unspecified atom stereocenters. The van der Waals surface area contributed by atoms with Crippen molar-refractivity contribution in [1.82, 2.24) is 14.6 Å². The Labute approximate surface area is 149 Å². The van der Waals surface area contributed by atoms with Crippen molar-refractivity contribution in [3.63, 3.8) is 0 Å². The van der Waals surface area contributed by atoms with Crippen LogP contribution in [-0.2, 0) is 9.47 Å². The Kier molecular flexibility index (Phi) is 4.83. The molecular weight excluding hydrogens is 338 g/mol. The Bertz CT molecular complexity index is 963. The van der Waals surface area contributed by atoms with Gasteiger partial charge in [0.25, 0.3) is 0 Å². The number of esters is 2. The molecule has 2 aromatic heterocycles. The topological polar surface area (TPSA) is 92.0 Å². The number of benzene rings is 1. The van der Waals surface area contributed by atoms with Gasteiger partial charge in [-0.3, -0.25) is 0 Å². The highest BCUT2D eigenvalue weighted by atomic mass is 16.5. The molecule has 0 aliphatic carbocycles. The minimum Gasteiger partial charge on any atom is -0.497 e. The summed E-state index contributed by atoms with van der Waals surface area (Å²) in [6.45, 7) is 1.93. The van der Waals surface area contributed by atoms with Crippen LogP contribution >= 0.6 is 0 Å². The number of ether oxygens (including phenoxy) is 3. The number of fused-ring (bicyclic) bond motifs is 1. The van der Waals surface area contributed by atoms with Gasteiger partial charge in [-0.1, -0.05) is 0 Å². The lowest BCUT2D eigenvalue weighted by Crippen LogP contribution is -2.12. The molecule has 0 saturated carbocycles. The lowest BCUT2D eigenvalue weighted by atomic mass is 10.1. The van der Waals surface area contributed by atoms with E-state index in [9.17, 15) is 9.59 Å². The molecule has 0 radical (unpaired) electrons. The van der Waals surface area contributed by atoms with Crippen molar-refractivity contribution >= 4 is 17.6 Å². The highest BCUT2D eigenvalue weighted by Crippen LogP contribution is 2.24. The molecule has 3 aromatic rings. The second-order valence-electron chi connectivity index (χ2n) is 5.26. The number of rotatable bonds is 5. The zero-order chi connectivity index (χ0) is 18.7. The van der Waals surface area contributed by atoms with Crippen molar-refractivity contribution in [3.05, 3.63) is 47.8 Å². The standard InChI is InChI=1S/C18H17N3O5/c1-4-26-17(22)13-10-19-21-15(18(23)25-3)9-14(20-16(13)21)11-5-7-12(24-2)8-6-11/h5-10H,4H2,1-3H3. The molecule has 0 aliphatic rings. The average Bonchev–Trinajstić information content (AvgIpc) is 3.11. The molecule has 3 rings (SSSR count). The van der Waals surface area contributed by atoms with Crippen LogP contribution in [0.4, 0.5) is 0 Å². The lowest BCUT2D eigenvalue weighted by molar-refractivity contribution is 0.0526. The van der Waals surface area contributed by atoms with Gasteiger partial charge in [0.15, 0.2) is 11.3 Å². The van der Waals surface area contributed by atoms with Crippen LogP contribution in [0.15, 0.2) is 36.5 Å². The molecule has 2 heterocycles. The molecule has 134 valence electrons. The first-order valence-electron chi connectivity index (χ1n) is 7.87. The third kappa shape index (κ3) is 3.08. The van der Waals surface area contributed by atoms with E-state index in [-0.39, 0.29) is 23.5 Å². The summed E-state index contributed by atoms with van der Waals surface area (Å²) in [6.07, 6.45) is 1.32. The van der Waals surface area contributed by atoms with E-state index >= 15 is 0 Å². The minimum atomic E-state index is -0.592. The van der Waals surface area contributed by atoms with Crippen LogP contribution in [0.5, 0.6) is 5.75 Å². The second-order valence-corrected chi connectivity index (χ2v) is 5.26. The molecule has 0 spiro atoms. The first-order valence-corrected chi connectivity index (χ1v) is 7.87. The predicted octanol–water partition coefficient (Wildman–Crippen LogP) is 2.37. The van der Waals surface area contributed by atoms with Crippen molar-refractivity contribution in [1.29, 1.82) is 0 Å². The van der Waals surface area contributed by atoms with Gasteiger partial charge in [0, 0.05) is 5.56 Å². The maximum atomic E-state index is 12.2. The molecular formula is C18H17N3O5. The Morgan fingerprint density at radius 3 is 2.46 bits per heavy atom. The molecule has 0 bridgehead atoms. The van der Waals surface area contributed by atoms with E-state index in [0.717, 1.165) is 5.56 Å². The number of hydrogen-bond donors (Lipinski definition) is 0. The molecule has 26 heavy (non-hydrogen) atoms. The van der Waals surface area contributed by atoms with Gasteiger partial charge in [0.1, 0.15) is 11.3 Å². The fourth-order valence-electron chi connectivity index (χ4n) is 2.48. The Morgan fingerprint density at radius 1 is 1.12 bits per heavy atom. The summed E-state index contributed by atoms with van der Waals surface area (Å²) in [5.74, 6) is -0.456. The van der Waals surface area contributed by atoms with Crippen molar-refractivity contribution in [3.8, 4) is 17.0 Å². The maximum Gasteiger partial charge on any atom is 0.356 e. The lowest BCUT2D eigenvalue weighted by Gasteiger charge is -2.08. The van der Waals surface area contributed by atoms with Crippen molar-refractivity contribution in [2.75, 3.05) is 20.8 Å². The van der Waals surface area contributed by atoms with E-state index in [2.05, 4.69) is 10.1 Å². The highest BCUT2D eigenvalue weighted by molar-refractivity contribution is 5.97. The molecule has 0 saturated heterocycles. The summed E-state index contributed by atoms with van der Waals surface area (Å²) in [5.41, 5.74) is 1.78. The van der Waals surface area contributed by atoms with Gasteiger partial charge in [0.2, 0.25) is 0 Å². The smallest absolute Gasteiger partial charge is 0.356 e. The monoisotopic (exact) mass is 355 g/mol. The highest BCUT2D eigenvalue weighted by Gasteiger charge is 2.21. The Balaban J connectivity index is 2.21. The number of hydrogen-bond acceptors (Lipinski definition) is 7. The largest absolute Gasteiger partial charge is 0.497 e. The van der Waals surface area contributed by atoms with Crippen LogP contribution in [0.3, 0.4) is 0 Å². The van der Waals surface area contributed by atoms with Gasteiger partial charge in [0.05, 0.1) is 32.7 Å². The van der Waals surface area contributed by atoms with E-state index in [1.165, 1.54) is 17.8 Å². The van der Waals surface area contributed by atoms with E-state index in [1.807, 2.05) is 0 Å². The zero-order valence-corrected chi connectivity index (χ0v) is 14.6. The molecule has 0 aliphatic heterocycles. The van der Waals surface area contributed by atoms with Crippen LogP contribution in [0.25, 0.3) is 16.9 Å². The normalized spacial score (nSPS) is 10.6. The summed E-state index contributed by atoms with van der Waals surface area (Å²) in [4.78, 5) is 28.8. The number of carbonyl (C=O) groups is 2. The van der Waals surface area contributed by atoms with Gasteiger partial charge in [-0.15, -0.1) is 0 Å². The van der Waals surface area contributed by atoms with Gasteiger partial charge < -0.3 is 14.2 Å². The minimum absolute atomic E-state index is 0.152. The fourth-order valence-corrected chi connectivity index (χ4v) is 2.48. The van der Waals surface area contributed by atoms with E-state index < -0.39 is 11.9 Å². The molecule has 8 nitrogen and oxygen atoms in total. The number of carbonyl (C=O) groups excluding carboxylic acids is 2. The number of aromatic nitrogens is 3. The molecule has 0 N–H and O–H groups in total. The van der Waals surface area contributed by atoms with E-state index in [0.29, 0.717) is 11.4 Å². The fraction of sp³-hybridized carbons (Fsp3) is 0.222. The van der Waals surface area contributed by atoms with Crippen LogP contribution in [0.1, 0.15) is 27.8 Å². The molecule has 0 fully saturated rings.